The predicted molar refractivity (Wildman–Crippen MR) is 56.7 cm³/mol. The number of rotatable bonds is 7. The maximum atomic E-state index is 11.0. The van der Waals surface area contributed by atoms with E-state index in [0.29, 0.717) is 6.54 Å². The highest BCUT2D eigenvalue weighted by molar-refractivity contribution is 7.98. The first-order valence-electron chi connectivity index (χ1n) is 4.39. The van der Waals surface area contributed by atoms with Gasteiger partial charge in [-0.05, 0) is 18.4 Å². The van der Waals surface area contributed by atoms with Crippen molar-refractivity contribution in [3.63, 3.8) is 0 Å². The number of thioether (sulfide) groups is 1. The van der Waals surface area contributed by atoms with E-state index in [1.165, 1.54) is 0 Å². The number of aliphatic carboxylic acids is 1. The summed E-state index contributed by atoms with van der Waals surface area (Å²) in [5.41, 5.74) is 0. The van der Waals surface area contributed by atoms with Crippen molar-refractivity contribution in [3.8, 4) is 0 Å². The second-order valence-corrected chi connectivity index (χ2v) is 3.66. The van der Waals surface area contributed by atoms with Crippen LogP contribution in [0.3, 0.4) is 0 Å². The van der Waals surface area contributed by atoms with E-state index in [4.69, 9.17) is 5.11 Å². The van der Waals surface area contributed by atoms with Crippen LogP contribution in [-0.2, 0) is 4.79 Å². The Labute approximate surface area is 87.6 Å². The van der Waals surface area contributed by atoms with Crippen LogP contribution in [0.15, 0.2) is 0 Å². The van der Waals surface area contributed by atoms with Crippen molar-refractivity contribution in [3.05, 3.63) is 0 Å². The number of urea groups is 1. The van der Waals surface area contributed by atoms with Gasteiger partial charge in [0.05, 0.1) is 6.42 Å². The van der Waals surface area contributed by atoms with Crippen LogP contribution in [0.1, 0.15) is 12.8 Å². The quantitative estimate of drug-likeness (QED) is 0.546. The standard InChI is InChI=1S/C8H16N2O3S/c1-14-6-2-4-9-8(13)10-5-3-7(11)12/h2-6H2,1H3,(H,11,12)(H2,9,10,13). The molecule has 0 aromatic carbocycles. The molecule has 0 aromatic rings. The molecule has 0 fully saturated rings. The molecule has 0 atom stereocenters. The molecule has 0 heterocycles. The molecule has 0 rings (SSSR count). The molecule has 0 radical (unpaired) electrons. The van der Waals surface area contributed by atoms with E-state index in [0.717, 1.165) is 12.2 Å². The molecule has 0 aromatic heterocycles. The number of carboxylic acid groups (broad SMARTS) is 1. The van der Waals surface area contributed by atoms with Gasteiger partial charge in [0.2, 0.25) is 0 Å². The fourth-order valence-corrected chi connectivity index (χ4v) is 1.20. The van der Waals surface area contributed by atoms with Crippen molar-refractivity contribution < 1.29 is 14.7 Å². The highest BCUT2D eigenvalue weighted by Gasteiger charge is 2.00. The van der Waals surface area contributed by atoms with Crippen molar-refractivity contribution in [2.75, 3.05) is 25.1 Å². The highest BCUT2D eigenvalue weighted by Crippen LogP contribution is 1.92. The molecule has 0 saturated heterocycles. The molecule has 6 heteroatoms. The lowest BCUT2D eigenvalue weighted by molar-refractivity contribution is -0.136. The van der Waals surface area contributed by atoms with Crippen molar-refractivity contribution in [2.24, 2.45) is 0 Å². The molecule has 82 valence electrons. The fourth-order valence-electron chi connectivity index (χ4n) is 0.764. The van der Waals surface area contributed by atoms with Crippen LogP contribution in [0.5, 0.6) is 0 Å². The number of nitrogens with one attached hydrogen (secondary N) is 2. The van der Waals surface area contributed by atoms with Gasteiger partial charge in [0.25, 0.3) is 0 Å². The van der Waals surface area contributed by atoms with Crippen molar-refractivity contribution in [1.82, 2.24) is 10.6 Å². The fraction of sp³-hybridized carbons (Fsp3) is 0.750. The zero-order valence-electron chi connectivity index (χ0n) is 8.21. The third-order valence-corrected chi connectivity index (χ3v) is 2.13. The predicted octanol–water partition coefficient (Wildman–Crippen LogP) is 0.513. The van der Waals surface area contributed by atoms with Gasteiger partial charge in [-0.15, -0.1) is 0 Å². The molecule has 0 aliphatic carbocycles. The normalized spacial score (nSPS) is 9.50. The minimum absolute atomic E-state index is 0.0434. The molecule has 0 aliphatic rings. The maximum absolute atomic E-state index is 11.0. The van der Waals surface area contributed by atoms with Gasteiger partial charge in [-0.2, -0.15) is 11.8 Å². The van der Waals surface area contributed by atoms with Gasteiger partial charge in [-0.25, -0.2) is 4.79 Å². The molecule has 0 unspecified atom stereocenters. The lowest BCUT2D eigenvalue weighted by atomic mass is 10.4. The Balaban J connectivity index is 3.24. The zero-order chi connectivity index (χ0) is 10.8. The average molecular weight is 220 g/mol. The van der Waals surface area contributed by atoms with Gasteiger partial charge in [-0.1, -0.05) is 0 Å². The Kier molecular flexibility index (Phi) is 8.11. The summed E-state index contributed by atoms with van der Waals surface area (Å²) in [6.07, 6.45) is 2.89. The summed E-state index contributed by atoms with van der Waals surface area (Å²) in [5.74, 6) is 0.0998. The number of hydrogen-bond donors (Lipinski definition) is 3. The van der Waals surface area contributed by atoms with Gasteiger partial charge in [0.1, 0.15) is 0 Å². The van der Waals surface area contributed by atoms with Crippen molar-refractivity contribution in [1.29, 1.82) is 0 Å². The second-order valence-electron chi connectivity index (χ2n) is 2.67. The van der Waals surface area contributed by atoms with E-state index < -0.39 is 5.97 Å². The zero-order valence-corrected chi connectivity index (χ0v) is 9.02. The van der Waals surface area contributed by atoms with Crippen LogP contribution in [0.4, 0.5) is 4.79 Å². The van der Waals surface area contributed by atoms with Crippen molar-refractivity contribution >= 4 is 23.8 Å². The van der Waals surface area contributed by atoms with Crippen LogP contribution >= 0.6 is 11.8 Å². The molecular weight excluding hydrogens is 204 g/mol. The Hall–Kier alpha value is -0.910. The van der Waals surface area contributed by atoms with Gasteiger partial charge in [-0.3, -0.25) is 4.79 Å². The summed E-state index contributed by atoms with van der Waals surface area (Å²) in [4.78, 5) is 21.1. The van der Waals surface area contributed by atoms with E-state index >= 15 is 0 Å². The van der Waals surface area contributed by atoms with Crippen LogP contribution in [0, 0.1) is 0 Å². The summed E-state index contributed by atoms with van der Waals surface area (Å²) in [7, 11) is 0. The summed E-state index contributed by atoms with van der Waals surface area (Å²) in [6, 6.07) is -0.299. The summed E-state index contributed by atoms with van der Waals surface area (Å²) >= 11 is 1.73. The molecule has 14 heavy (non-hydrogen) atoms. The molecule has 0 spiro atoms. The minimum Gasteiger partial charge on any atom is -0.481 e. The molecule has 0 aliphatic heterocycles. The minimum atomic E-state index is -0.910. The summed E-state index contributed by atoms with van der Waals surface area (Å²) < 4.78 is 0. The smallest absolute Gasteiger partial charge is 0.314 e. The second kappa shape index (κ2) is 8.68. The number of carbonyl (C=O) groups excluding carboxylic acids is 1. The van der Waals surface area contributed by atoms with Gasteiger partial charge < -0.3 is 15.7 Å². The molecule has 5 nitrogen and oxygen atoms in total. The Morgan fingerprint density at radius 2 is 1.93 bits per heavy atom. The molecule has 3 N–H and O–H groups in total. The van der Waals surface area contributed by atoms with Gasteiger partial charge >= 0.3 is 12.0 Å². The van der Waals surface area contributed by atoms with Crippen LogP contribution in [-0.4, -0.2) is 42.2 Å². The topological polar surface area (TPSA) is 78.4 Å². The van der Waals surface area contributed by atoms with E-state index in [1.54, 1.807) is 11.8 Å². The largest absolute Gasteiger partial charge is 0.481 e. The first-order valence-corrected chi connectivity index (χ1v) is 5.78. The van der Waals surface area contributed by atoms with Crippen LogP contribution < -0.4 is 10.6 Å². The first-order chi connectivity index (χ1) is 6.66. The summed E-state index contributed by atoms with van der Waals surface area (Å²) in [5, 5.41) is 13.4. The Morgan fingerprint density at radius 3 is 2.50 bits per heavy atom. The van der Waals surface area contributed by atoms with Crippen LogP contribution in [0.25, 0.3) is 0 Å². The van der Waals surface area contributed by atoms with Crippen molar-refractivity contribution in [2.45, 2.75) is 12.8 Å². The Bertz CT molecular complexity index is 187. The monoisotopic (exact) mass is 220 g/mol. The molecular formula is C8H16N2O3S. The lowest BCUT2D eigenvalue weighted by Crippen LogP contribution is -2.37. The third-order valence-electron chi connectivity index (χ3n) is 1.44. The van der Waals surface area contributed by atoms with Gasteiger partial charge in [0.15, 0.2) is 0 Å². The lowest BCUT2D eigenvalue weighted by Gasteiger charge is -2.05. The van der Waals surface area contributed by atoms with E-state index in [2.05, 4.69) is 10.6 Å². The SMILES string of the molecule is CSCCCNC(=O)NCCC(=O)O. The number of hydrogen-bond acceptors (Lipinski definition) is 3. The van der Waals surface area contributed by atoms with E-state index in [1.807, 2.05) is 6.26 Å². The first kappa shape index (κ1) is 13.1. The van der Waals surface area contributed by atoms with E-state index in [-0.39, 0.29) is 19.0 Å². The molecule has 0 bridgehead atoms. The maximum Gasteiger partial charge on any atom is 0.314 e. The Morgan fingerprint density at radius 1 is 1.29 bits per heavy atom. The number of carboxylic acids is 1. The molecule has 0 saturated carbocycles. The highest BCUT2D eigenvalue weighted by atomic mass is 32.2. The number of carbonyl (C=O) groups is 2. The van der Waals surface area contributed by atoms with Crippen LogP contribution in [0.2, 0.25) is 0 Å². The summed E-state index contributed by atoms with van der Waals surface area (Å²) in [6.45, 7) is 0.795. The van der Waals surface area contributed by atoms with Gasteiger partial charge in [0, 0.05) is 13.1 Å². The third kappa shape index (κ3) is 9.18. The molecule has 2 amide bonds. The number of amides is 2. The van der Waals surface area contributed by atoms with E-state index in [9.17, 15) is 9.59 Å². The average Bonchev–Trinajstić information content (AvgIpc) is 2.12.